The summed E-state index contributed by atoms with van der Waals surface area (Å²) >= 11 is 0. The second kappa shape index (κ2) is 7.79. The molecule has 2 rings (SSSR count). The summed E-state index contributed by atoms with van der Waals surface area (Å²) in [7, 11) is 0. The quantitative estimate of drug-likeness (QED) is 0.810. The maximum Gasteiger partial charge on any atom is 0.407 e. The molecule has 1 aromatic carbocycles. The van der Waals surface area contributed by atoms with Gasteiger partial charge >= 0.3 is 12.1 Å². The lowest BCUT2D eigenvalue weighted by molar-refractivity contribution is -0.150. The zero-order valence-corrected chi connectivity index (χ0v) is 12.7. The second-order valence-corrected chi connectivity index (χ2v) is 5.35. The fourth-order valence-electron chi connectivity index (χ4n) is 2.71. The van der Waals surface area contributed by atoms with Crippen LogP contribution in [0.4, 0.5) is 4.79 Å². The lowest BCUT2D eigenvalue weighted by Crippen LogP contribution is -2.54. The van der Waals surface area contributed by atoms with E-state index in [0.29, 0.717) is 32.7 Å². The van der Waals surface area contributed by atoms with Gasteiger partial charge in [-0.15, -0.1) is 0 Å². The van der Waals surface area contributed by atoms with E-state index in [1.54, 1.807) is 6.92 Å². The van der Waals surface area contributed by atoms with Crippen molar-refractivity contribution >= 4 is 12.1 Å². The lowest BCUT2D eigenvalue weighted by atomic mass is 9.91. The van der Waals surface area contributed by atoms with Crippen molar-refractivity contribution in [3.8, 4) is 0 Å². The third kappa shape index (κ3) is 4.21. The van der Waals surface area contributed by atoms with Crippen LogP contribution in [-0.2, 0) is 16.1 Å². The molecule has 1 saturated heterocycles. The number of hydrogen-bond donors (Lipinski definition) is 2. The highest BCUT2D eigenvalue weighted by Gasteiger charge is 2.36. The molecule has 22 heavy (non-hydrogen) atoms. The smallest absolute Gasteiger partial charge is 0.407 e. The van der Waals surface area contributed by atoms with E-state index in [9.17, 15) is 9.59 Å². The van der Waals surface area contributed by atoms with Crippen molar-refractivity contribution in [1.82, 2.24) is 10.2 Å². The Morgan fingerprint density at radius 3 is 2.73 bits per heavy atom. The third-order valence-corrected chi connectivity index (χ3v) is 3.88. The number of piperidine rings is 1. The van der Waals surface area contributed by atoms with E-state index in [1.165, 1.54) is 4.90 Å². The number of rotatable bonds is 5. The van der Waals surface area contributed by atoms with Crippen LogP contribution in [0, 0.1) is 5.92 Å². The molecule has 2 N–H and O–H groups in total. The average Bonchev–Trinajstić information content (AvgIpc) is 2.53. The molecule has 0 bridgehead atoms. The molecule has 2 unspecified atom stereocenters. The topological polar surface area (TPSA) is 78.9 Å². The highest BCUT2D eigenvalue weighted by Crippen LogP contribution is 2.20. The first-order chi connectivity index (χ1) is 10.6. The number of carbonyl (C=O) groups is 2. The largest absolute Gasteiger partial charge is 0.466 e. The van der Waals surface area contributed by atoms with Crippen molar-refractivity contribution < 1.29 is 19.4 Å². The summed E-state index contributed by atoms with van der Waals surface area (Å²) in [6.07, 6.45) is -0.466. The van der Waals surface area contributed by atoms with Crippen molar-refractivity contribution in [2.75, 3.05) is 19.7 Å². The Bertz CT molecular complexity index is 506. The minimum Gasteiger partial charge on any atom is -0.466 e. The van der Waals surface area contributed by atoms with E-state index in [4.69, 9.17) is 9.84 Å². The van der Waals surface area contributed by atoms with Crippen molar-refractivity contribution in [3.63, 3.8) is 0 Å². The Labute approximate surface area is 130 Å². The molecule has 1 heterocycles. The van der Waals surface area contributed by atoms with E-state index >= 15 is 0 Å². The van der Waals surface area contributed by atoms with E-state index in [1.807, 2.05) is 30.3 Å². The lowest BCUT2D eigenvalue weighted by Gasteiger charge is -2.36. The molecule has 2 atom stereocenters. The summed E-state index contributed by atoms with van der Waals surface area (Å²) in [4.78, 5) is 24.6. The van der Waals surface area contributed by atoms with Crippen LogP contribution in [0.15, 0.2) is 30.3 Å². The van der Waals surface area contributed by atoms with E-state index < -0.39 is 6.09 Å². The van der Waals surface area contributed by atoms with Crippen LogP contribution < -0.4 is 5.32 Å². The highest BCUT2D eigenvalue weighted by atomic mass is 16.5. The van der Waals surface area contributed by atoms with Crippen LogP contribution in [-0.4, -0.2) is 47.8 Å². The predicted octanol–water partition coefficient (Wildman–Crippen LogP) is 1.71. The molecule has 1 aromatic rings. The molecular weight excluding hydrogens is 284 g/mol. The molecule has 0 saturated carbocycles. The second-order valence-electron chi connectivity index (χ2n) is 5.35. The highest BCUT2D eigenvalue weighted by molar-refractivity contribution is 5.74. The van der Waals surface area contributed by atoms with E-state index in [-0.39, 0.29) is 17.9 Å². The zero-order valence-electron chi connectivity index (χ0n) is 12.7. The first-order valence-electron chi connectivity index (χ1n) is 7.53. The molecule has 0 aliphatic carbocycles. The van der Waals surface area contributed by atoms with Gasteiger partial charge in [-0.2, -0.15) is 0 Å². The Hall–Kier alpha value is -2.08. The van der Waals surface area contributed by atoms with Crippen molar-refractivity contribution in [3.05, 3.63) is 35.9 Å². The first-order valence-corrected chi connectivity index (χ1v) is 7.53. The number of nitrogens with zero attached hydrogens (tertiary/aromatic N) is 1. The summed E-state index contributed by atoms with van der Waals surface area (Å²) in [5.74, 6) is -0.558. The summed E-state index contributed by atoms with van der Waals surface area (Å²) in [5.41, 5.74) is 1.09. The summed E-state index contributed by atoms with van der Waals surface area (Å²) in [5, 5.41) is 12.5. The number of benzene rings is 1. The maximum atomic E-state index is 12.1. The molecule has 6 heteroatoms. The van der Waals surface area contributed by atoms with Gasteiger partial charge in [0, 0.05) is 25.7 Å². The van der Waals surface area contributed by atoms with Gasteiger partial charge in [0.2, 0.25) is 0 Å². The Morgan fingerprint density at radius 1 is 1.36 bits per heavy atom. The van der Waals surface area contributed by atoms with Crippen LogP contribution in [0.2, 0.25) is 0 Å². The van der Waals surface area contributed by atoms with Gasteiger partial charge in [-0.25, -0.2) is 4.79 Å². The normalized spacial score (nSPS) is 21.4. The number of amides is 1. The monoisotopic (exact) mass is 306 g/mol. The number of ether oxygens (including phenoxy) is 1. The summed E-state index contributed by atoms with van der Waals surface area (Å²) in [6, 6.07) is 9.59. The number of hydrogen-bond acceptors (Lipinski definition) is 4. The minimum atomic E-state index is -0.950. The Morgan fingerprint density at radius 2 is 2.09 bits per heavy atom. The molecule has 0 radical (unpaired) electrons. The molecule has 0 aromatic heterocycles. The van der Waals surface area contributed by atoms with Crippen LogP contribution in [0.25, 0.3) is 0 Å². The minimum absolute atomic E-state index is 0.232. The maximum absolute atomic E-state index is 12.1. The van der Waals surface area contributed by atoms with Crippen LogP contribution in [0.1, 0.15) is 18.9 Å². The molecule has 1 aliphatic heterocycles. The van der Waals surface area contributed by atoms with Gasteiger partial charge in [-0.05, 0) is 18.9 Å². The number of likely N-dealkylation sites (tertiary alicyclic amines) is 1. The average molecular weight is 306 g/mol. The third-order valence-electron chi connectivity index (χ3n) is 3.88. The van der Waals surface area contributed by atoms with E-state index in [0.717, 1.165) is 5.56 Å². The molecule has 0 spiro atoms. The van der Waals surface area contributed by atoms with Gasteiger partial charge in [0.15, 0.2) is 0 Å². The predicted molar refractivity (Wildman–Crippen MR) is 81.4 cm³/mol. The number of nitrogens with one attached hydrogen (secondary N) is 1. The molecule has 1 amide bonds. The molecule has 1 aliphatic rings. The number of carboxylic acid groups (broad SMARTS) is 1. The molecular formula is C16H22N2O4. The van der Waals surface area contributed by atoms with Gasteiger partial charge in [0.1, 0.15) is 0 Å². The summed E-state index contributed by atoms with van der Waals surface area (Å²) < 4.78 is 5.11. The van der Waals surface area contributed by atoms with Gasteiger partial charge in [0.05, 0.1) is 12.5 Å². The SMILES string of the molecule is CCOC(=O)C1CCN(C(=O)O)CC1NCc1ccccc1. The van der Waals surface area contributed by atoms with Crippen molar-refractivity contribution in [2.24, 2.45) is 5.92 Å². The van der Waals surface area contributed by atoms with Gasteiger partial charge in [0.25, 0.3) is 0 Å². The van der Waals surface area contributed by atoms with Crippen LogP contribution >= 0.6 is 0 Å². The number of esters is 1. The van der Waals surface area contributed by atoms with Crippen LogP contribution in [0.3, 0.4) is 0 Å². The fraction of sp³-hybridized carbons (Fsp3) is 0.500. The Balaban J connectivity index is 2.02. The molecule has 1 fully saturated rings. The van der Waals surface area contributed by atoms with Crippen molar-refractivity contribution in [2.45, 2.75) is 25.9 Å². The van der Waals surface area contributed by atoms with Gasteiger partial charge in [-0.3, -0.25) is 4.79 Å². The van der Waals surface area contributed by atoms with Gasteiger partial charge < -0.3 is 20.1 Å². The van der Waals surface area contributed by atoms with Crippen molar-refractivity contribution in [1.29, 1.82) is 0 Å². The first kappa shape index (κ1) is 16.3. The summed E-state index contributed by atoms with van der Waals surface area (Å²) in [6.45, 7) is 3.36. The standard InChI is InChI=1S/C16H22N2O4/c1-2-22-15(19)13-8-9-18(16(20)21)11-14(13)17-10-12-6-4-3-5-7-12/h3-7,13-14,17H,2,8-11H2,1H3,(H,20,21). The van der Waals surface area contributed by atoms with Crippen LogP contribution in [0.5, 0.6) is 0 Å². The number of carbonyl (C=O) groups excluding carboxylic acids is 1. The zero-order chi connectivity index (χ0) is 15.9. The van der Waals surface area contributed by atoms with E-state index in [2.05, 4.69) is 5.32 Å². The molecule has 6 nitrogen and oxygen atoms in total. The molecule has 120 valence electrons. The van der Waals surface area contributed by atoms with Gasteiger partial charge in [-0.1, -0.05) is 30.3 Å². The fourth-order valence-corrected chi connectivity index (χ4v) is 2.71. The Kier molecular flexibility index (Phi) is 5.77.